The summed E-state index contributed by atoms with van der Waals surface area (Å²) >= 11 is 0. The van der Waals surface area contributed by atoms with Gasteiger partial charge in [-0.1, -0.05) is 23.9 Å². The molecule has 0 fully saturated rings. The summed E-state index contributed by atoms with van der Waals surface area (Å²) in [7, 11) is 0.731. The number of benzene rings is 1. The summed E-state index contributed by atoms with van der Waals surface area (Å²) in [6.45, 7) is 0. The minimum atomic E-state index is 0.731. The summed E-state index contributed by atoms with van der Waals surface area (Å²) < 4.78 is 5.34. The minimum absolute atomic E-state index is 0.731. The Hall–Kier alpha value is -1.15. The van der Waals surface area contributed by atoms with E-state index in [1.807, 2.05) is 23.9 Å². The molecule has 0 atom stereocenters. The van der Waals surface area contributed by atoms with Gasteiger partial charge in [-0.3, -0.25) is 0 Å². The van der Waals surface area contributed by atoms with Crippen LogP contribution in [0, 0.1) is 0 Å². The second kappa shape index (κ2) is 2.84. The molecule has 1 aliphatic heterocycles. The number of ether oxygens (including phenoxy) is 1. The van der Waals surface area contributed by atoms with Gasteiger partial charge >= 0.3 is 0 Å². The van der Waals surface area contributed by atoms with Crippen molar-refractivity contribution in [3.8, 4) is 5.75 Å². The molecule has 2 heteroatoms. The zero-order valence-electron chi connectivity index (χ0n) is 5.95. The Kier molecular flexibility index (Phi) is 1.69. The van der Waals surface area contributed by atoms with Crippen molar-refractivity contribution in [2.45, 2.75) is 0 Å². The number of para-hydroxylation sites is 1. The normalized spacial score (nSPS) is 13.5. The molecule has 0 N–H and O–H groups in total. The average molecular weight is 159 g/mol. The molecule has 0 bridgehead atoms. The summed E-state index contributed by atoms with van der Waals surface area (Å²) in [6, 6.07) is 8.05. The molecule has 1 aliphatic rings. The molecule has 0 aliphatic carbocycles. The highest BCUT2D eigenvalue weighted by Crippen LogP contribution is 2.16. The summed E-state index contributed by atoms with van der Waals surface area (Å²) in [5.74, 6) is 0.953. The first-order valence-electron chi connectivity index (χ1n) is 3.47. The van der Waals surface area contributed by atoms with Crippen molar-refractivity contribution < 1.29 is 4.74 Å². The Morgan fingerprint density at radius 3 is 3.09 bits per heavy atom. The fourth-order valence-corrected chi connectivity index (χ4v) is 1.65. The lowest BCUT2D eigenvalue weighted by Crippen LogP contribution is -1.86. The monoisotopic (exact) mass is 159 g/mol. The summed E-state index contributed by atoms with van der Waals surface area (Å²) in [4.78, 5) is 0. The van der Waals surface area contributed by atoms with Crippen LogP contribution in [-0.4, -0.2) is 14.8 Å². The van der Waals surface area contributed by atoms with Gasteiger partial charge in [0.1, 0.15) is 5.75 Å². The van der Waals surface area contributed by atoms with E-state index in [9.17, 15) is 0 Å². The predicted molar refractivity (Wildman–Crippen MR) is 47.1 cm³/mol. The van der Waals surface area contributed by atoms with Crippen molar-refractivity contribution >= 4 is 14.8 Å². The zero-order valence-corrected chi connectivity index (χ0v) is 6.95. The molecule has 1 aromatic rings. The third-order valence-corrected chi connectivity index (χ3v) is 2.32. The number of hydrogen-bond donors (Lipinski definition) is 0. The summed E-state index contributed by atoms with van der Waals surface area (Å²) in [5, 5.41) is 0. The first-order valence-corrected chi connectivity index (χ1v) is 4.62. The van der Waals surface area contributed by atoms with Gasteiger partial charge in [0, 0.05) is 5.56 Å². The van der Waals surface area contributed by atoms with Gasteiger partial charge in [0.2, 0.25) is 0 Å². The Bertz CT molecular complexity index is 315. The van der Waals surface area contributed by atoms with Crippen LogP contribution in [0.15, 0.2) is 36.2 Å². The molecule has 1 heterocycles. The molecule has 0 aromatic heterocycles. The van der Waals surface area contributed by atoms with Crippen LogP contribution in [-0.2, 0) is 0 Å². The molecule has 11 heavy (non-hydrogen) atoms. The van der Waals surface area contributed by atoms with Crippen molar-refractivity contribution in [1.29, 1.82) is 0 Å². The number of fused-ring (bicyclic) bond motifs is 1. The Morgan fingerprint density at radius 1 is 1.18 bits per heavy atom. The molecule has 0 saturated carbocycles. The molecule has 1 nitrogen and oxygen atoms in total. The molecule has 0 amide bonds. The van der Waals surface area contributed by atoms with Gasteiger partial charge in [-0.25, -0.2) is 0 Å². The van der Waals surface area contributed by atoms with Crippen molar-refractivity contribution in [3.05, 3.63) is 41.8 Å². The SMILES string of the molecule is C1=C[Si]=Cc2ccccc2O1. The van der Waals surface area contributed by atoms with Crippen LogP contribution in [0.1, 0.15) is 5.56 Å². The molecule has 1 radical (unpaired) electrons. The van der Waals surface area contributed by atoms with Crippen LogP contribution in [0.3, 0.4) is 0 Å². The topological polar surface area (TPSA) is 9.23 Å². The molecule has 2 rings (SSSR count). The van der Waals surface area contributed by atoms with Gasteiger partial charge in [-0.15, -0.1) is 0 Å². The van der Waals surface area contributed by atoms with Crippen molar-refractivity contribution in [2.75, 3.05) is 0 Å². The van der Waals surface area contributed by atoms with Crippen LogP contribution in [0.2, 0.25) is 0 Å². The van der Waals surface area contributed by atoms with Gasteiger partial charge < -0.3 is 4.74 Å². The van der Waals surface area contributed by atoms with E-state index in [4.69, 9.17) is 4.74 Å². The van der Waals surface area contributed by atoms with Crippen molar-refractivity contribution in [2.24, 2.45) is 0 Å². The highest BCUT2D eigenvalue weighted by molar-refractivity contribution is 6.55. The van der Waals surface area contributed by atoms with E-state index in [2.05, 4.69) is 11.7 Å². The minimum Gasteiger partial charge on any atom is -0.465 e. The second-order valence-corrected chi connectivity index (χ2v) is 3.22. The van der Waals surface area contributed by atoms with Crippen LogP contribution < -0.4 is 4.74 Å². The maximum atomic E-state index is 5.34. The fourth-order valence-electron chi connectivity index (χ4n) is 0.992. The van der Waals surface area contributed by atoms with Crippen molar-refractivity contribution in [1.82, 2.24) is 0 Å². The third kappa shape index (κ3) is 1.30. The molecule has 0 unspecified atom stereocenters. The number of hydrogen-bond acceptors (Lipinski definition) is 1. The van der Waals surface area contributed by atoms with E-state index in [0.717, 1.165) is 14.9 Å². The first kappa shape index (κ1) is 6.55. The number of rotatable bonds is 0. The van der Waals surface area contributed by atoms with E-state index in [1.54, 1.807) is 6.26 Å². The molecule has 0 spiro atoms. The lowest BCUT2D eigenvalue weighted by molar-refractivity contribution is 0.482. The predicted octanol–water partition coefficient (Wildman–Crippen LogP) is 1.40. The van der Waals surface area contributed by atoms with E-state index in [-0.39, 0.29) is 0 Å². The quantitative estimate of drug-likeness (QED) is 0.520. The Labute approximate surface area is 67.8 Å². The van der Waals surface area contributed by atoms with E-state index >= 15 is 0 Å². The Morgan fingerprint density at radius 2 is 2.09 bits per heavy atom. The van der Waals surface area contributed by atoms with E-state index in [1.165, 1.54) is 5.56 Å². The maximum Gasteiger partial charge on any atom is 0.133 e. The van der Waals surface area contributed by atoms with Gasteiger partial charge in [-0.05, 0) is 11.8 Å². The third-order valence-electron chi connectivity index (χ3n) is 1.52. The summed E-state index contributed by atoms with van der Waals surface area (Å²) in [5.41, 5.74) is 5.40. The molecular formula is C9H7OSi. The fraction of sp³-hybridized carbons (Fsp3) is 0. The second-order valence-electron chi connectivity index (χ2n) is 2.27. The van der Waals surface area contributed by atoms with E-state index < -0.39 is 0 Å². The molecule has 0 saturated heterocycles. The lowest BCUT2D eigenvalue weighted by Gasteiger charge is -2.01. The van der Waals surface area contributed by atoms with Gasteiger partial charge in [0.05, 0.1) is 15.4 Å². The average Bonchev–Trinajstić information content (AvgIpc) is 2.28. The standard InChI is InChI=1S/C9H7OSi/c1-2-4-9-8(3-1)7-11-6-5-10-9/h1-7H. The largest absolute Gasteiger partial charge is 0.465 e. The maximum absolute atomic E-state index is 5.34. The summed E-state index contributed by atoms with van der Waals surface area (Å²) in [6.07, 6.45) is 1.75. The van der Waals surface area contributed by atoms with Gasteiger partial charge in [-0.2, -0.15) is 0 Å². The lowest BCUT2D eigenvalue weighted by atomic mass is 10.2. The molecule has 53 valence electrons. The first-order chi connectivity index (χ1) is 5.47. The van der Waals surface area contributed by atoms with Crippen LogP contribution in [0.4, 0.5) is 0 Å². The highest BCUT2D eigenvalue weighted by atomic mass is 28.2. The zero-order chi connectivity index (χ0) is 7.52. The molecular weight excluding hydrogens is 152 g/mol. The van der Waals surface area contributed by atoms with Crippen LogP contribution in [0.25, 0.3) is 0 Å². The van der Waals surface area contributed by atoms with E-state index in [0.29, 0.717) is 0 Å². The van der Waals surface area contributed by atoms with Crippen LogP contribution in [0.5, 0.6) is 5.75 Å². The molecule has 1 aromatic carbocycles. The van der Waals surface area contributed by atoms with Gasteiger partial charge in [0.15, 0.2) is 0 Å². The van der Waals surface area contributed by atoms with Crippen molar-refractivity contribution in [3.63, 3.8) is 0 Å². The van der Waals surface area contributed by atoms with Gasteiger partial charge in [0.25, 0.3) is 0 Å². The highest BCUT2D eigenvalue weighted by Gasteiger charge is 1.98. The smallest absolute Gasteiger partial charge is 0.133 e. The Balaban J connectivity index is 2.52. The van der Waals surface area contributed by atoms with Crippen LogP contribution >= 0.6 is 0 Å².